The molecule has 0 aromatic rings. The van der Waals surface area contributed by atoms with Crippen LogP contribution in [0, 0.1) is 0 Å². The number of aliphatic imine (C=N–C) groups is 1. The molecule has 0 radical (unpaired) electrons. The third-order valence-electron chi connectivity index (χ3n) is 2.91. The van der Waals surface area contributed by atoms with E-state index in [-0.39, 0.29) is 23.0 Å². The minimum absolute atomic E-state index is 0.0255. The molecule has 0 spiro atoms. The predicted molar refractivity (Wildman–Crippen MR) is 79.1 cm³/mol. The molecular formula is C13H25N3OS. The minimum atomic E-state index is -0.349. The number of amidine groups is 1. The molecule has 5 heteroatoms. The summed E-state index contributed by atoms with van der Waals surface area (Å²) in [5.41, 5.74) is -0.0938. The molecule has 1 heterocycles. The van der Waals surface area contributed by atoms with E-state index >= 15 is 0 Å². The first-order chi connectivity index (χ1) is 8.15. The smallest absolute Gasteiger partial charge is 0.245 e. The highest BCUT2D eigenvalue weighted by Gasteiger charge is 2.31. The van der Waals surface area contributed by atoms with E-state index in [0.29, 0.717) is 0 Å². The lowest BCUT2D eigenvalue weighted by Crippen LogP contribution is -2.45. The summed E-state index contributed by atoms with van der Waals surface area (Å²) in [6, 6.07) is -0.349. The zero-order valence-electron chi connectivity index (χ0n) is 12.3. The minimum Gasteiger partial charge on any atom is -0.359 e. The van der Waals surface area contributed by atoms with Gasteiger partial charge < -0.3 is 10.6 Å². The van der Waals surface area contributed by atoms with Crippen molar-refractivity contribution in [3.05, 3.63) is 0 Å². The lowest BCUT2D eigenvalue weighted by molar-refractivity contribution is -0.123. The van der Waals surface area contributed by atoms with E-state index in [2.05, 4.69) is 29.5 Å². The number of hydrogen-bond donors (Lipinski definition) is 2. The Hall–Kier alpha value is -0.710. The first kappa shape index (κ1) is 15.3. The summed E-state index contributed by atoms with van der Waals surface area (Å²) in [5.74, 6) is 0.984. The first-order valence-corrected chi connectivity index (χ1v) is 7.44. The fourth-order valence-corrected chi connectivity index (χ4v) is 2.81. The summed E-state index contributed by atoms with van der Waals surface area (Å²) in [6.07, 6.45) is 1.06. The van der Waals surface area contributed by atoms with Crippen molar-refractivity contribution < 1.29 is 4.79 Å². The second-order valence-electron chi connectivity index (χ2n) is 6.18. The van der Waals surface area contributed by atoms with Crippen molar-refractivity contribution in [3.63, 3.8) is 0 Å². The molecule has 2 unspecified atom stereocenters. The van der Waals surface area contributed by atoms with Crippen molar-refractivity contribution in [2.45, 2.75) is 65.1 Å². The topological polar surface area (TPSA) is 53.5 Å². The van der Waals surface area contributed by atoms with E-state index in [1.165, 1.54) is 0 Å². The molecule has 2 atom stereocenters. The average molecular weight is 271 g/mol. The summed E-state index contributed by atoms with van der Waals surface area (Å²) in [4.78, 5) is 16.4. The molecule has 1 aliphatic heterocycles. The Bertz CT molecular complexity index is 349. The van der Waals surface area contributed by atoms with Gasteiger partial charge in [-0.05, 0) is 41.0 Å². The van der Waals surface area contributed by atoms with Gasteiger partial charge in [-0.1, -0.05) is 18.7 Å². The van der Waals surface area contributed by atoms with Gasteiger partial charge in [-0.15, -0.1) is 0 Å². The molecule has 1 rings (SSSR count). The summed E-state index contributed by atoms with van der Waals surface area (Å²) in [7, 11) is 0. The van der Waals surface area contributed by atoms with Gasteiger partial charge in [-0.3, -0.25) is 4.79 Å². The maximum Gasteiger partial charge on any atom is 0.245 e. The maximum absolute atomic E-state index is 11.9. The molecule has 0 saturated carbocycles. The SMILES string of the molecule is CCC1(C)CSC(=NC(C)C(=O)NC(C)(C)C)N1. The zero-order chi connectivity index (χ0) is 14.0. The van der Waals surface area contributed by atoms with Crippen LogP contribution in [-0.4, -0.2) is 33.9 Å². The number of thioether (sulfide) groups is 1. The zero-order valence-corrected chi connectivity index (χ0v) is 13.1. The Balaban J connectivity index is 2.60. The molecule has 1 amide bonds. The van der Waals surface area contributed by atoms with Crippen molar-refractivity contribution in [1.29, 1.82) is 0 Å². The van der Waals surface area contributed by atoms with Crippen LogP contribution < -0.4 is 10.6 Å². The lowest BCUT2D eigenvalue weighted by Gasteiger charge is -2.23. The maximum atomic E-state index is 11.9. The van der Waals surface area contributed by atoms with Crippen molar-refractivity contribution in [1.82, 2.24) is 10.6 Å². The van der Waals surface area contributed by atoms with Crippen LogP contribution in [0.4, 0.5) is 0 Å². The molecular weight excluding hydrogens is 246 g/mol. The summed E-state index contributed by atoms with van der Waals surface area (Å²) >= 11 is 1.70. The van der Waals surface area contributed by atoms with Gasteiger partial charge in [0.05, 0.1) is 0 Å². The molecule has 18 heavy (non-hydrogen) atoms. The molecule has 1 fully saturated rings. The molecule has 1 saturated heterocycles. The Morgan fingerprint density at radius 2 is 2.22 bits per heavy atom. The third-order valence-corrected chi connectivity index (χ3v) is 4.17. The highest BCUT2D eigenvalue weighted by atomic mass is 32.2. The molecule has 2 N–H and O–H groups in total. The normalized spacial score (nSPS) is 28.0. The average Bonchev–Trinajstić information content (AvgIpc) is 2.58. The van der Waals surface area contributed by atoms with E-state index < -0.39 is 0 Å². The van der Waals surface area contributed by atoms with Gasteiger partial charge in [0.15, 0.2) is 5.17 Å². The number of rotatable bonds is 3. The second kappa shape index (κ2) is 5.51. The van der Waals surface area contributed by atoms with Crippen LogP contribution in [0.5, 0.6) is 0 Å². The standard InChI is InChI=1S/C13H25N3OS/c1-7-13(6)8-18-11(16-13)14-9(2)10(17)15-12(3,4)5/h9H,7-8H2,1-6H3,(H,14,16)(H,15,17). The second-order valence-corrected chi connectivity index (χ2v) is 7.14. The van der Waals surface area contributed by atoms with Gasteiger partial charge in [0.1, 0.15) is 6.04 Å². The molecule has 4 nitrogen and oxygen atoms in total. The quantitative estimate of drug-likeness (QED) is 0.827. The van der Waals surface area contributed by atoms with Crippen LogP contribution in [-0.2, 0) is 4.79 Å². The number of nitrogens with one attached hydrogen (secondary N) is 2. The van der Waals surface area contributed by atoms with Crippen LogP contribution in [0.2, 0.25) is 0 Å². The van der Waals surface area contributed by atoms with Crippen LogP contribution in [0.15, 0.2) is 4.99 Å². The number of carbonyl (C=O) groups is 1. The van der Waals surface area contributed by atoms with Crippen molar-refractivity contribution in [3.8, 4) is 0 Å². The third kappa shape index (κ3) is 4.52. The van der Waals surface area contributed by atoms with E-state index in [1.54, 1.807) is 11.8 Å². The fraction of sp³-hybridized carbons (Fsp3) is 0.846. The van der Waals surface area contributed by atoms with Gasteiger partial charge in [0.25, 0.3) is 0 Å². The highest BCUT2D eigenvalue weighted by Crippen LogP contribution is 2.25. The van der Waals surface area contributed by atoms with Crippen molar-refractivity contribution in [2.24, 2.45) is 4.99 Å². The monoisotopic (exact) mass is 271 g/mol. The predicted octanol–water partition coefficient (Wildman–Crippen LogP) is 2.15. The Kier molecular flexibility index (Phi) is 4.70. The van der Waals surface area contributed by atoms with Crippen molar-refractivity contribution in [2.75, 3.05) is 5.75 Å². The van der Waals surface area contributed by atoms with Gasteiger partial charge >= 0.3 is 0 Å². The van der Waals surface area contributed by atoms with Gasteiger partial charge in [-0.2, -0.15) is 0 Å². The number of nitrogens with zero attached hydrogens (tertiary/aromatic N) is 1. The Labute approximate surface area is 114 Å². The fourth-order valence-electron chi connectivity index (χ4n) is 1.53. The van der Waals surface area contributed by atoms with E-state index in [4.69, 9.17) is 0 Å². The summed E-state index contributed by atoms with van der Waals surface area (Å²) in [5, 5.41) is 7.23. The molecule has 0 aliphatic carbocycles. The lowest BCUT2D eigenvalue weighted by atomic mass is 10.0. The van der Waals surface area contributed by atoms with Crippen molar-refractivity contribution >= 4 is 22.8 Å². The van der Waals surface area contributed by atoms with Crippen LogP contribution in [0.25, 0.3) is 0 Å². The Morgan fingerprint density at radius 1 is 1.61 bits per heavy atom. The van der Waals surface area contributed by atoms with E-state index in [0.717, 1.165) is 17.3 Å². The first-order valence-electron chi connectivity index (χ1n) is 6.46. The molecule has 1 aliphatic rings. The molecule has 0 aromatic heterocycles. The number of hydrogen-bond acceptors (Lipinski definition) is 3. The number of carbonyl (C=O) groups excluding carboxylic acids is 1. The molecule has 104 valence electrons. The summed E-state index contributed by atoms with van der Waals surface area (Å²) < 4.78 is 0. The van der Waals surface area contributed by atoms with Gasteiger partial charge in [-0.25, -0.2) is 4.99 Å². The van der Waals surface area contributed by atoms with Crippen LogP contribution in [0.1, 0.15) is 48.0 Å². The van der Waals surface area contributed by atoms with E-state index in [1.807, 2.05) is 27.7 Å². The van der Waals surface area contributed by atoms with Crippen LogP contribution in [0.3, 0.4) is 0 Å². The van der Waals surface area contributed by atoms with Gasteiger partial charge in [0, 0.05) is 16.8 Å². The Morgan fingerprint density at radius 3 is 2.67 bits per heavy atom. The highest BCUT2D eigenvalue weighted by molar-refractivity contribution is 8.14. The summed E-state index contributed by atoms with van der Waals surface area (Å²) in [6.45, 7) is 12.1. The van der Waals surface area contributed by atoms with E-state index in [9.17, 15) is 4.79 Å². The molecule has 0 aromatic carbocycles. The molecule has 0 bridgehead atoms. The number of amides is 1. The van der Waals surface area contributed by atoms with Crippen LogP contribution >= 0.6 is 11.8 Å². The largest absolute Gasteiger partial charge is 0.359 e. The van der Waals surface area contributed by atoms with Gasteiger partial charge in [0.2, 0.25) is 5.91 Å².